The molecule has 0 aromatic carbocycles. The predicted molar refractivity (Wildman–Crippen MR) is 44.0 cm³/mol. The quantitative estimate of drug-likeness (QED) is 0.484. The number of hydrogen-bond acceptors (Lipinski definition) is 3. The summed E-state index contributed by atoms with van der Waals surface area (Å²) in [5, 5.41) is 0. The molecular weight excluding hydrogens is 142 g/mol. The molecule has 64 valence electrons. The zero-order chi connectivity index (χ0) is 8.85. The van der Waals surface area contributed by atoms with Crippen molar-refractivity contribution >= 4 is 5.97 Å². The summed E-state index contributed by atoms with van der Waals surface area (Å²) in [4.78, 5) is 11.0. The van der Waals surface area contributed by atoms with Crippen molar-refractivity contribution in [1.29, 1.82) is 0 Å². The van der Waals surface area contributed by atoms with Crippen LogP contribution in [0.2, 0.25) is 0 Å². The number of allylic oxidation sites excluding steroid dienone is 1. The maximum Gasteiger partial charge on any atom is 0.314 e. The van der Waals surface area contributed by atoms with Crippen LogP contribution in [0.1, 0.15) is 13.8 Å². The molecule has 3 heteroatoms. The van der Waals surface area contributed by atoms with E-state index in [1.54, 1.807) is 19.1 Å². The van der Waals surface area contributed by atoms with E-state index in [1.807, 2.05) is 6.92 Å². The average Bonchev–Trinajstić information content (AvgIpc) is 1.98. The van der Waals surface area contributed by atoms with Gasteiger partial charge in [-0.15, -0.1) is 0 Å². The van der Waals surface area contributed by atoms with Gasteiger partial charge in [-0.05, 0) is 13.8 Å². The summed E-state index contributed by atoms with van der Waals surface area (Å²) < 4.78 is 4.56. The van der Waals surface area contributed by atoms with Crippen molar-refractivity contribution in [3.63, 3.8) is 0 Å². The minimum absolute atomic E-state index is 0.196. The van der Waals surface area contributed by atoms with Crippen molar-refractivity contribution < 1.29 is 9.53 Å². The van der Waals surface area contributed by atoms with Crippen LogP contribution in [0.4, 0.5) is 0 Å². The predicted octanol–water partition coefficient (Wildman–Crippen LogP) is 0.699. The minimum atomic E-state index is -0.315. The first kappa shape index (κ1) is 10.2. The molecule has 0 bridgehead atoms. The van der Waals surface area contributed by atoms with Crippen molar-refractivity contribution in [3.8, 4) is 0 Å². The molecule has 0 fully saturated rings. The van der Waals surface area contributed by atoms with Gasteiger partial charge < -0.3 is 10.5 Å². The summed E-state index contributed by atoms with van der Waals surface area (Å²) in [6.45, 7) is 3.62. The van der Waals surface area contributed by atoms with Crippen molar-refractivity contribution in [2.45, 2.75) is 19.9 Å². The molecule has 2 N–H and O–H groups in total. The zero-order valence-electron chi connectivity index (χ0n) is 7.20. The normalized spacial score (nSPS) is 16.4. The molecule has 0 aliphatic heterocycles. The van der Waals surface area contributed by atoms with Crippen LogP contribution in [0.3, 0.4) is 0 Å². The fraction of sp³-hybridized carbons (Fsp3) is 0.625. The molecule has 2 unspecified atom stereocenters. The molecule has 0 saturated heterocycles. The van der Waals surface area contributed by atoms with Crippen LogP contribution in [0, 0.1) is 5.92 Å². The SMILES string of the molecule is C/C=C\C(C(=O)OC)C(C)N. The summed E-state index contributed by atoms with van der Waals surface area (Å²) >= 11 is 0. The van der Waals surface area contributed by atoms with Gasteiger partial charge in [0.2, 0.25) is 0 Å². The molecule has 0 aliphatic rings. The van der Waals surface area contributed by atoms with Crippen molar-refractivity contribution in [2.24, 2.45) is 11.7 Å². The van der Waals surface area contributed by atoms with E-state index in [0.717, 1.165) is 0 Å². The Hall–Kier alpha value is -0.830. The third-order valence-corrected chi connectivity index (χ3v) is 1.44. The molecular formula is C8H15NO2. The highest BCUT2D eigenvalue weighted by atomic mass is 16.5. The summed E-state index contributed by atoms with van der Waals surface area (Å²) in [6.07, 6.45) is 3.54. The fourth-order valence-electron chi connectivity index (χ4n) is 0.812. The van der Waals surface area contributed by atoms with Crippen LogP contribution < -0.4 is 5.73 Å². The number of carbonyl (C=O) groups is 1. The zero-order valence-corrected chi connectivity index (χ0v) is 7.20. The van der Waals surface area contributed by atoms with E-state index in [4.69, 9.17) is 5.73 Å². The molecule has 0 radical (unpaired) electrons. The monoisotopic (exact) mass is 157 g/mol. The topological polar surface area (TPSA) is 52.3 Å². The third-order valence-electron chi connectivity index (χ3n) is 1.44. The lowest BCUT2D eigenvalue weighted by atomic mass is 10.0. The molecule has 0 aliphatic carbocycles. The smallest absolute Gasteiger partial charge is 0.314 e. The lowest BCUT2D eigenvalue weighted by Gasteiger charge is -2.13. The maximum atomic E-state index is 11.0. The van der Waals surface area contributed by atoms with Crippen molar-refractivity contribution in [2.75, 3.05) is 7.11 Å². The largest absolute Gasteiger partial charge is 0.469 e. The van der Waals surface area contributed by atoms with E-state index in [0.29, 0.717) is 0 Å². The van der Waals surface area contributed by atoms with E-state index < -0.39 is 0 Å². The number of esters is 1. The second-order valence-corrected chi connectivity index (χ2v) is 2.43. The lowest BCUT2D eigenvalue weighted by Crippen LogP contribution is -2.32. The Kier molecular flexibility index (Phi) is 4.54. The molecule has 0 heterocycles. The van der Waals surface area contributed by atoms with E-state index >= 15 is 0 Å². The highest BCUT2D eigenvalue weighted by molar-refractivity contribution is 5.75. The number of carbonyl (C=O) groups excluding carboxylic acids is 1. The van der Waals surface area contributed by atoms with Gasteiger partial charge in [0.05, 0.1) is 13.0 Å². The number of ether oxygens (including phenoxy) is 1. The first-order valence-corrected chi connectivity index (χ1v) is 3.59. The fourth-order valence-corrected chi connectivity index (χ4v) is 0.812. The van der Waals surface area contributed by atoms with Gasteiger partial charge in [-0.25, -0.2) is 0 Å². The second-order valence-electron chi connectivity index (χ2n) is 2.43. The molecule has 0 spiro atoms. The standard InChI is InChI=1S/C8H15NO2/c1-4-5-7(6(2)9)8(10)11-3/h4-7H,9H2,1-3H3/b5-4-. The van der Waals surface area contributed by atoms with Gasteiger partial charge >= 0.3 is 5.97 Å². The number of rotatable bonds is 3. The van der Waals surface area contributed by atoms with Gasteiger partial charge in [0, 0.05) is 6.04 Å². The van der Waals surface area contributed by atoms with Gasteiger partial charge in [-0.2, -0.15) is 0 Å². The molecule has 0 aromatic rings. The van der Waals surface area contributed by atoms with E-state index in [2.05, 4.69) is 4.74 Å². The van der Waals surface area contributed by atoms with Crippen molar-refractivity contribution in [3.05, 3.63) is 12.2 Å². The van der Waals surface area contributed by atoms with Crippen LogP contribution >= 0.6 is 0 Å². The second kappa shape index (κ2) is 4.91. The maximum absolute atomic E-state index is 11.0. The summed E-state index contributed by atoms with van der Waals surface area (Å²) in [5.74, 6) is -0.594. The Morgan fingerprint density at radius 2 is 2.18 bits per heavy atom. The Labute approximate surface area is 67.2 Å². The molecule has 2 atom stereocenters. The molecule has 0 amide bonds. The first-order chi connectivity index (χ1) is 5.13. The number of nitrogens with two attached hydrogens (primary N) is 1. The Balaban J connectivity index is 4.21. The Morgan fingerprint density at radius 1 is 1.64 bits per heavy atom. The highest BCUT2D eigenvalue weighted by Gasteiger charge is 2.19. The van der Waals surface area contributed by atoms with Crippen LogP contribution in [0.25, 0.3) is 0 Å². The Morgan fingerprint density at radius 3 is 2.45 bits per heavy atom. The van der Waals surface area contributed by atoms with Gasteiger partial charge in [-0.1, -0.05) is 12.2 Å². The van der Waals surface area contributed by atoms with Gasteiger partial charge in [-0.3, -0.25) is 4.79 Å². The summed E-state index contributed by atoms with van der Waals surface area (Å²) in [6, 6.07) is -0.196. The average molecular weight is 157 g/mol. The summed E-state index contributed by atoms with van der Waals surface area (Å²) in [5.41, 5.74) is 5.55. The van der Waals surface area contributed by atoms with Gasteiger partial charge in [0.25, 0.3) is 0 Å². The molecule has 0 saturated carbocycles. The highest BCUT2D eigenvalue weighted by Crippen LogP contribution is 2.05. The Bertz CT molecular complexity index is 152. The van der Waals surface area contributed by atoms with Gasteiger partial charge in [0.15, 0.2) is 0 Å². The van der Waals surface area contributed by atoms with Crippen LogP contribution in [0.15, 0.2) is 12.2 Å². The lowest BCUT2D eigenvalue weighted by molar-refractivity contribution is -0.144. The van der Waals surface area contributed by atoms with Crippen LogP contribution in [-0.4, -0.2) is 19.1 Å². The van der Waals surface area contributed by atoms with Crippen LogP contribution in [0.5, 0.6) is 0 Å². The first-order valence-electron chi connectivity index (χ1n) is 3.59. The molecule has 11 heavy (non-hydrogen) atoms. The van der Waals surface area contributed by atoms with E-state index in [1.165, 1.54) is 7.11 Å². The number of methoxy groups -OCH3 is 1. The summed E-state index contributed by atoms with van der Waals surface area (Å²) in [7, 11) is 1.36. The van der Waals surface area contributed by atoms with Gasteiger partial charge in [0.1, 0.15) is 0 Å². The van der Waals surface area contributed by atoms with Crippen molar-refractivity contribution in [1.82, 2.24) is 0 Å². The van der Waals surface area contributed by atoms with E-state index in [-0.39, 0.29) is 17.9 Å². The van der Waals surface area contributed by atoms with E-state index in [9.17, 15) is 4.79 Å². The number of hydrogen-bond donors (Lipinski definition) is 1. The molecule has 0 aromatic heterocycles. The molecule has 3 nitrogen and oxygen atoms in total. The van der Waals surface area contributed by atoms with Crippen LogP contribution in [-0.2, 0) is 9.53 Å². The third kappa shape index (κ3) is 3.18. The molecule has 0 rings (SSSR count). The minimum Gasteiger partial charge on any atom is -0.469 e.